The molecule has 7 heteroatoms. The minimum Gasteiger partial charge on any atom is -0.398 e. The quantitative estimate of drug-likeness (QED) is 0.211. The molecule has 0 unspecified atom stereocenters. The molecular weight excluding hydrogens is 468 g/mol. The van der Waals surface area contributed by atoms with Crippen LogP contribution < -0.4 is 11.1 Å². The highest BCUT2D eigenvalue weighted by atomic mass is 32.1. The average Bonchev–Trinajstić information content (AvgIpc) is 3.38. The molecule has 1 amide bonds. The second kappa shape index (κ2) is 11.9. The van der Waals surface area contributed by atoms with Crippen molar-refractivity contribution < 1.29 is 9.59 Å². The smallest absolute Gasteiger partial charge is 0.229 e. The van der Waals surface area contributed by atoms with Crippen molar-refractivity contribution in [3.8, 4) is 0 Å². The van der Waals surface area contributed by atoms with Crippen molar-refractivity contribution in [3.63, 3.8) is 0 Å². The Hall–Kier alpha value is -3.55. The number of rotatable bonds is 9. The van der Waals surface area contributed by atoms with Crippen LogP contribution in [0.4, 0.5) is 11.4 Å². The normalized spacial score (nSPS) is 14.7. The maximum Gasteiger partial charge on any atom is 0.229 e. The molecule has 1 aliphatic heterocycles. The predicted molar refractivity (Wildman–Crippen MR) is 149 cm³/mol. The number of benzene rings is 2. The molecular formula is C29H32N4O2S. The summed E-state index contributed by atoms with van der Waals surface area (Å²) in [6.45, 7) is 4.62. The molecule has 6 nitrogen and oxygen atoms in total. The zero-order valence-electron chi connectivity index (χ0n) is 20.5. The Labute approximate surface area is 216 Å². The van der Waals surface area contributed by atoms with Crippen molar-refractivity contribution in [3.05, 3.63) is 87.1 Å². The summed E-state index contributed by atoms with van der Waals surface area (Å²) in [4.78, 5) is 26.9. The highest BCUT2D eigenvalue weighted by molar-refractivity contribution is 7.10. The maximum atomic E-state index is 12.5. The number of nitrogen functional groups attached to an aromatic ring is 1. The Morgan fingerprint density at radius 1 is 1.19 bits per heavy atom. The number of piperidine rings is 1. The van der Waals surface area contributed by atoms with Gasteiger partial charge in [0.25, 0.3) is 0 Å². The molecule has 0 aliphatic carbocycles. The summed E-state index contributed by atoms with van der Waals surface area (Å²) >= 11 is 1.55. The zero-order chi connectivity index (χ0) is 25.5. The summed E-state index contributed by atoms with van der Waals surface area (Å²) in [6.07, 6.45) is 6.91. The lowest BCUT2D eigenvalue weighted by Crippen LogP contribution is -2.33. The van der Waals surface area contributed by atoms with Gasteiger partial charge in [0.05, 0.1) is 12.1 Å². The van der Waals surface area contributed by atoms with Gasteiger partial charge in [-0.25, -0.2) is 0 Å². The van der Waals surface area contributed by atoms with E-state index < -0.39 is 0 Å². The number of nitrogens with zero attached hydrogens (tertiary/aromatic N) is 1. The largest absolute Gasteiger partial charge is 0.398 e. The molecule has 1 aromatic heterocycles. The topological polar surface area (TPSA) is 99.3 Å². The summed E-state index contributed by atoms with van der Waals surface area (Å²) < 4.78 is 0. The Morgan fingerprint density at radius 2 is 2.00 bits per heavy atom. The summed E-state index contributed by atoms with van der Waals surface area (Å²) in [5, 5.41) is 13.5. The van der Waals surface area contributed by atoms with Crippen LogP contribution in [0.15, 0.2) is 60.0 Å². The number of amides is 1. The maximum absolute atomic E-state index is 12.5. The molecule has 186 valence electrons. The second-order valence-electron chi connectivity index (χ2n) is 9.30. The van der Waals surface area contributed by atoms with Gasteiger partial charge in [-0.3, -0.25) is 9.69 Å². The lowest BCUT2D eigenvalue weighted by Gasteiger charge is -2.29. The first-order chi connectivity index (χ1) is 17.4. The molecule has 0 spiro atoms. The van der Waals surface area contributed by atoms with E-state index >= 15 is 0 Å². The Morgan fingerprint density at radius 3 is 2.72 bits per heavy atom. The number of carbonyl (C=O) groups excluding carboxylic acids is 2. The van der Waals surface area contributed by atoms with Gasteiger partial charge in [0.2, 0.25) is 5.91 Å². The molecule has 0 radical (unpaired) electrons. The van der Waals surface area contributed by atoms with Gasteiger partial charge in [-0.05, 0) is 79.2 Å². The summed E-state index contributed by atoms with van der Waals surface area (Å²) in [6, 6.07) is 15.7. The minimum absolute atomic E-state index is 0.0921. The summed E-state index contributed by atoms with van der Waals surface area (Å²) in [7, 11) is 0. The number of aryl methyl sites for hydroxylation is 1. The average molecular weight is 501 g/mol. The fourth-order valence-corrected chi connectivity index (χ4v) is 5.14. The molecule has 2 heterocycles. The van der Waals surface area contributed by atoms with E-state index in [2.05, 4.69) is 22.3 Å². The van der Waals surface area contributed by atoms with Crippen molar-refractivity contribution in [1.29, 1.82) is 5.41 Å². The lowest BCUT2D eigenvalue weighted by molar-refractivity contribution is -0.115. The predicted octanol–water partition coefficient (Wildman–Crippen LogP) is 5.31. The van der Waals surface area contributed by atoms with Gasteiger partial charge in [-0.15, -0.1) is 11.3 Å². The van der Waals surface area contributed by atoms with Gasteiger partial charge in [0, 0.05) is 34.3 Å². The number of anilines is 2. The Balaban J connectivity index is 1.41. The number of carbonyl (C=O) groups is 2. The van der Waals surface area contributed by atoms with Crippen LogP contribution in [0, 0.1) is 18.3 Å². The van der Waals surface area contributed by atoms with E-state index in [1.807, 2.05) is 42.6 Å². The minimum atomic E-state index is -0.0921. The van der Waals surface area contributed by atoms with Crippen molar-refractivity contribution >= 4 is 46.7 Å². The van der Waals surface area contributed by atoms with Gasteiger partial charge >= 0.3 is 0 Å². The van der Waals surface area contributed by atoms with E-state index in [-0.39, 0.29) is 17.5 Å². The van der Waals surface area contributed by atoms with Crippen LogP contribution in [0.3, 0.4) is 0 Å². The molecule has 36 heavy (non-hydrogen) atoms. The van der Waals surface area contributed by atoms with Crippen LogP contribution >= 0.6 is 11.3 Å². The van der Waals surface area contributed by atoms with Crippen LogP contribution in [0.25, 0.3) is 6.08 Å². The van der Waals surface area contributed by atoms with Gasteiger partial charge in [0.15, 0.2) is 0 Å². The molecule has 4 rings (SSSR count). The first-order valence-corrected chi connectivity index (χ1v) is 13.0. The second-order valence-corrected chi connectivity index (χ2v) is 10.3. The molecule has 4 N–H and O–H groups in total. The molecule has 1 aliphatic rings. The van der Waals surface area contributed by atoms with Crippen molar-refractivity contribution in [1.82, 2.24) is 4.90 Å². The number of nitrogens with two attached hydrogens (primary N) is 1. The summed E-state index contributed by atoms with van der Waals surface area (Å²) in [5.41, 5.74) is 11.3. The van der Waals surface area contributed by atoms with Gasteiger partial charge < -0.3 is 21.3 Å². The van der Waals surface area contributed by atoms with Gasteiger partial charge in [-0.1, -0.05) is 36.4 Å². The molecule has 2 aromatic carbocycles. The van der Waals surface area contributed by atoms with Crippen molar-refractivity contribution in [2.75, 3.05) is 24.1 Å². The van der Waals surface area contributed by atoms with Crippen LogP contribution in [0.5, 0.6) is 0 Å². The van der Waals surface area contributed by atoms with Crippen LogP contribution in [0.1, 0.15) is 40.0 Å². The Kier molecular flexibility index (Phi) is 8.46. The monoisotopic (exact) mass is 500 g/mol. The van der Waals surface area contributed by atoms with E-state index in [9.17, 15) is 9.59 Å². The fourth-order valence-electron chi connectivity index (χ4n) is 4.43. The number of hydrogen-bond acceptors (Lipinski definition) is 6. The first-order valence-electron chi connectivity index (χ1n) is 12.2. The van der Waals surface area contributed by atoms with E-state index in [0.29, 0.717) is 23.4 Å². The van der Waals surface area contributed by atoms with Crippen molar-refractivity contribution in [2.24, 2.45) is 5.92 Å². The molecule has 0 bridgehead atoms. The summed E-state index contributed by atoms with van der Waals surface area (Å²) in [5.74, 6) is 0.108. The van der Waals surface area contributed by atoms with E-state index in [1.165, 1.54) is 5.56 Å². The molecule has 0 saturated carbocycles. The molecule has 1 fully saturated rings. The molecule has 1 saturated heterocycles. The van der Waals surface area contributed by atoms with E-state index in [0.717, 1.165) is 54.8 Å². The molecule has 3 aromatic rings. The number of thiophene rings is 1. The third kappa shape index (κ3) is 6.77. The SMILES string of the molecule is Cc1cc(N)c(C(=N)/C=C/c2cccc(CN3CCC(C=O)CC3)c2)cc1NC(=O)Cc1cccs1. The third-order valence-electron chi connectivity index (χ3n) is 6.50. The first kappa shape index (κ1) is 25.5. The number of aldehydes is 1. The number of nitrogens with one attached hydrogen (secondary N) is 2. The standard InChI is InChI=1S/C29H32N4O2S/c1-20-14-27(31)25(17-28(20)32-29(35)16-24-6-3-13-36-24)26(30)8-7-21-4-2-5-23(15-21)18-33-11-9-22(19-34)10-12-33/h2-8,13-15,17,19,22,30H,9-12,16,18,31H2,1H3,(H,32,35)/b8-7+,30-26?. The van der Waals surface area contributed by atoms with Crippen molar-refractivity contribution in [2.45, 2.75) is 32.7 Å². The van der Waals surface area contributed by atoms with Gasteiger partial charge in [-0.2, -0.15) is 0 Å². The number of hydrogen-bond donors (Lipinski definition) is 3. The zero-order valence-corrected chi connectivity index (χ0v) is 21.3. The molecule has 0 atom stereocenters. The highest BCUT2D eigenvalue weighted by Crippen LogP contribution is 2.25. The fraction of sp³-hybridized carbons (Fsp3) is 0.276. The van der Waals surface area contributed by atoms with Crippen LogP contribution in [0.2, 0.25) is 0 Å². The number of allylic oxidation sites excluding steroid dienone is 1. The van der Waals surface area contributed by atoms with E-state index in [4.69, 9.17) is 11.1 Å². The lowest BCUT2D eigenvalue weighted by atomic mass is 9.98. The third-order valence-corrected chi connectivity index (χ3v) is 7.38. The van der Waals surface area contributed by atoms with Crippen LogP contribution in [-0.2, 0) is 22.6 Å². The van der Waals surface area contributed by atoms with E-state index in [1.54, 1.807) is 29.5 Å². The Bertz CT molecular complexity index is 1260. The van der Waals surface area contributed by atoms with Crippen LogP contribution in [-0.4, -0.2) is 35.9 Å². The number of likely N-dealkylation sites (tertiary alicyclic amines) is 1. The van der Waals surface area contributed by atoms with Gasteiger partial charge in [0.1, 0.15) is 6.29 Å². The highest BCUT2D eigenvalue weighted by Gasteiger charge is 2.18.